The highest BCUT2D eigenvalue weighted by Crippen LogP contribution is 2.36. The Kier molecular flexibility index (Phi) is 4.39. The fourth-order valence-corrected chi connectivity index (χ4v) is 4.39. The lowest BCUT2D eigenvalue weighted by atomic mass is 10.1. The van der Waals surface area contributed by atoms with Crippen molar-refractivity contribution in [3.63, 3.8) is 0 Å². The molecule has 0 aliphatic heterocycles. The van der Waals surface area contributed by atoms with Crippen LogP contribution in [0, 0.1) is 6.92 Å². The van der Waals surface area contributed by atoms with Gasteiger partial charge in [0.1, 0.15) is 11.5 Å². The van der Waals surface area contributed by atoms with E-state index < -0.39 is 5.97 Å². The second kappa shape index (κ2) is 6.76. The molecule has 1 aromatic carbocycles. The number of thiophene rings is 1. The van der Waals surface area contributed by atoms with Gasteiger partial charge in [0, 0.05) is 42.9 Å². The zero-order chi connectivity index (χ0) is 20.0. The summed E-state index contributed by atoms with van der Waals surface area (Å²) in [4.78, 5) is 28.6. The first-order chi connectivity index (χ1) is 13.4. The van der Waals surface area contributed by atoms with Crippen molar-refractivity contribution >= 4 is 44.2 Å². The van der Waals surface area contributed by atoms with Gasteiger partial charge < -0.3 is 14.4 Å². The maximum atomic E-state index is 12.0. The summed E-state index contributed by atoms with van der Waals surface area (Å²) in [6.07, 6.45) is 2.09. The van der Waals surface area contributed by atoms with E-state index in [0.29, 0.717) is 39.4 Å². The Hall–Kier alpha value is -3.19. The van der Waals surface area contributed by atoms with Gasteiger partial charge >= 0.3 is 5.97 Å². The van der Waals surface area contributed by atoms with Crippen molar-refractivity contribution in [3.8, 4) is 11.5 Å². The van der Waals surface area contributed by atoms with E-state index in [2.05, 4.69) is 4.98 Å². The van der Waals surface area contributed by atoms with Crippen molar-refractivity contribution < 1.29 is 19.4 Å². The molecule has 0 unspecified atom stereocenters. The maximum Gasteiger partial charge on any atom is 0.338 e. The number of hydrogen-bond acceptors (Lipinski definition) is 5. The molecule has 0 aliphatic carbocycles. The Morgan fingerprint density at radius 1 is 1.25 bits per heavy atom. The summed E-state index contributed by atoms with van der Waals surface area (Å²) in [7, 11) is 1.83. The molecular formula is C21H18N2O4S. The summed E-state index contributed by atoms with van der Waals surface area (Å²) < 4.78 is 8.75. The highest BCUT2D eigenvalue weighted by atomic mass is 32.1. The summed E-state index contributed by atoms with van der Waals surface area (Å²) in [5, 5.41) is 10.2. The van der Waals surface area contributed by atoms with Gasteiger partial charge in [0.15, 0.2) is 5.78 Å². The predicted octanol–water partition coefficient (Wildman–Crippen LogP) is 5.18. The van der Waals surface area contributed by atoms with E-state index >= 15 is 0 Å². The molecule has 0 fully saturated rings. The number of benzene rings is 1. The van der Waals surface area contributed by atoms with Crippen LogP contribution in [0.3, 0.4) is 0 Å². The number of carbonyl (C=O) groups excluding carboxylic acids is 1. The van der Waals surface area contributed by atoms with E-state index in [-0.39, 0.29) is 5.78 Å². The number of hydrogen-bond donors (Lipinski definition) is 1. The number of fused-ring (bicyclic) bond motifs is 2. The lowest BCUT2D eigenvalue weighted by Crippen LogP contribution is -1.99. The Morgan fingerprint density at radius 3 is 2.75 bits per heavy atom. The molecule has 0 saturated heterocycles. The van der Waals surface area contributed by atoms with Gasteiger partial charge in [-0.2, -0.15) is 0 Å². The van der Waals surface area contributed by atoms with Gasteiger partial charge in [0.05, 0.1) is 26.2 Å². The van der Waals surface area contributed by atoms with Crippen molar-refractivity contribution in [2.45, 2.75) is 20.3 Å². The first-order valence-electron chi connectivity index (χ1n) is 8.82. The van der Waals surface area contributed by atoms with E-state index in [1.165, 1.54) is 11.3 Å². The number of Topliss-reactive ketones (excluding diaryl/α,β-unsaturated/α-hetero) is 1. The first-order valence-corrected chi connectivity index (χ1v) is 9.64. The lowest BCUT2D eigenvalue weighted by molar-refractivity contribution is 0.0697. The van der Waals surface area contributed by atoms with Crippen molar-refractivity contribution in [3.05, 3.63) is 52.7 Å². The molecule has 0 atom stereocenters. The smallest absolute Gasteiger partial charge is 0.338 e. The van der Waals surface area contributed by atoms with Crippen LogP contribution in [0.2, 0.25) is 0 Å². The van der Waals surface area contributed by atoms with Gasteiger partial charge in [-0.3, -0.25) is 9.78 Å². The summed E-state index contributed by atoms with van der Waals surface area (Å²) in [6, 6.07) is 8.91. The minimum absolute atomic E-state index is 0.0795. The second-order valence-electron chi connectivity index (χ2n) is 6.52. The minimum atomic E-state index is -0.945. The summed E-state index contributed by atoms with van der Waals surface area (Å²) in [6.45, 7) is 3.62. The number of carboxylic acids is 1. The lowest BCUT2D eigenvalue weighted by Gasteiger charge is -2.07. The molecule has 3 aromatic heterocycles. The van der Waals surface area contributed by atoms with Gasteiger partial charge in [0.25, 0.3) is 0 Å². The largest absolute Gasteiger partial charge is 0.478 e. The van der Waals surface area contributed by atoms with Crippen LogP contribution in [0.1, 0.15) is 39.1 Å². The van der Waals surface area contributed by atoms with Gasteiger partial charge in [-0.1, -0.05) is 6.92 Å². The number of aromatic nitrogens is 2. The molecule has 0 aliphatic rings. The van der Waals surface area contributed by atoms with Crippen LogP contribution in [-0.4, -0.2) is 26.4 Å². The molecule has 0 bridgehead atoms. The number of aromatic carboxylic acids is 1. The molecule has 0 spiro atoms. The van der Waals surface area contributed by atoms with Crippen LogP contribution < -0.4 is 4.74 Å². The van der Waals surface area contributed by atoms with Gasteiger partial charge in [-0.25, -0.2) is 4.79 Å². The molecule has 4 aromatic rings. The molecule has 4 rings (SSSR count). The van der Waals surface area contributed by atoms with Crippen LogP contribution in [0.5, 0.6) is 11.5 Å². The van der Waals surface area contributed by atoms with E-state index in [1.807, 2.05) is 24.6 Å². The number of pyridine rings is 1. The van der Waals surface area contributed by atoms with Gasteiger partial charge in [0.2, 0.25) is 0 Å². The van der Waals surface area contributed by atoms with Crippen molar-refractivity contribution in [2.75, 3.05) is 0 Å². The van der Waals surface area contributed by atoms with Crippen LogP contribution in [0.15, 0.2) is 36.5 Å². The van der Waals surface area contributed by atoms with Gasteiger partial charge in [-0.15, -0.1) is 11.3 Å². The number of carboxylic acid groups (broad SMARTS) is 1. The average Bonchev–Trinajstić information content (AvgIpc) is 3.22. The highest BCUT2D eigenvalue weighted by Gasteiger charge is 2.19. The van der Waals surface area contributed by atoms with E-state index in [4.69, 9.17) is 4.74 Å². The zero-order valence-electron chi connectivity index (χ0n) is 15.6. The standard InChI is InChI=1S/C21H18N2O4S/c1-4-16(24)18-10-14-20(28-18)17(7-8-22-14)27-12-5-6-13-15(9-12)23(3)11(2)19(13)21(25)26/h5-10H,4H2,1-3H3,(H,25,26). The third kappa shape index (κ3) is 2.84. The number of ether oxygens (including phenoxy) is 1. The quantitative estimate of drug-likeness (QED) is 0.472. The number of nitrogens with zero attached hydrogens (tertiary/aromatic N) is 2. The van der Waals surface area contributed by atoms with Crippen molar-refractivity contribution in [1.29, 1.82) is 0 Å². The molecule has 3 heterocycles. The molecule has 0 amide bonds. The Balaban J connectivity index is 1.78. The van der Waals surface area contributed by atoms with Crippen LogP contribution >= 0.6 is 11.3 Å². The fourth-order valence-electron chi connectivity index (χ4n) is 3.31. The van der Waals surface area contributed by atoms with Crippen molar-refractivity contribution in [2.24, 2.45) is 7.05 Å². The number of rotatable bonds is 5. The molecular weight excluding hydrogens is 376 g/mol. The van der Waals surface area contributed by atoms with E-state index in [1.54, 1.807) is 37.4 Å². The number of carbonyl (C=O) groups is 2. The number of ketones is 1. The maximum absolute atomic E-state index is 12.0. The number of aryl methyl sites for hydroxylation is 1. The highest BCUT2D eigenvalue weighted by molar-refractivity contribution is 7.21. The van der Waals surface area contributed by atoms with E-state index in [0.717, 1.165) is 15.7 Å². The Bertz CT molecular complexity index is 1250. The molecule has 1 N–H and O–H groups in total. The van der Waals surface area contributed by atoms with Crippen LogP contribution in [0.4, 0.5) is 0 Å². The van der Waals surface area contributed by atoms with Crippen molar-refractivity contribution in [1.82, 2.24) is 9.55 Å². The third-order valence-corrected chi connectivity index (χ3v) is 6.06. The molecule has 7 heteroatoms. The zero-order valence-corrected chi connectivity index (χ0v) is 16.5. The molecule has 28 heavy (non-hydrogen) atoms. The molecule has 0 radical (unpaired) electrons. The summed E-state index contributed by atoms with van der Waals surface area (Å²) >= 11 is 1.37. The topological polar surface area (TPSA) is 81.4 Å². The monoisotopic (exact) mass is 394 g/mol. The van der Waals surface area contributed by atoms with E-state index in [9.17, 15) is 14.7 Å². The second-order valence-corrected chi connectivity index (χ2v) is 7.57. The van der Waals surface area contributed by atoms with Gasteiger partial charge in [-0.05, 0) is 25.1 Å². The van der Waals surface area contributed by atoms with Crippen LogP contribution in [0.25, 0.3) is 21.1 Å². The SMILES string of the molecule is CCC(=O)c1cc2nccc(Oc3ccc4c(C(=O)O)c(C)n(C)c4c3)c2s1. The predicted molar refractivity (Wildman–Crippen MR) is 109 cm³/mol. The molecule has 6 nitrogen and oxygen atoms in total. The summed E-state index contributed by atoms with van der Waals surface area (Å²) in [5.74, 6) is 0.346. The third-order valence-electron chi connectivity index (χ3n) is 4.88. The average molecular weight is 394 g/mol. The minimum Gasteiger partial charge on any atom is -0.478 e. The first kappa shape index (κ1) is 18.2. The Labute approximate surface area is 165 Å². The molecule has 142 valence electrons. The van der Waals surface area contributed by atoms with Crippen LogP contribution in [-0.2, 0) is 7.05 Å². The fraction of sp³-hybridized carbons (Fsp3) is 0.190. The molecule has 0 saturated carbocycles. The summed E-state index contributed by atoms with van der Waals surface area (Å²) in [5.41, 5.74) is 2.50. The normalized spacial score (nSPS) is 11.2. The Morgan fingerprint density at radius 2 is 2.04 bits per heavy atom.